The van der Waals surface area contributed by atoms with Crippen molar-refractivity contribution in [2.75, 3.05) is 0 Å². The van der Waals surface area contributed by atoms with E-state index in [2.05, 4.69) is 16.0 Å². The molecule has 2 atom stereocenters. The summed E-state index contributed by atoms with van der Waals surface area (Å²) >= 11 is 0. The number of amides is 4. The molecule has 1 saturated heterocycles. The molecule has 8 nitrogen and oxygen atoms in total. The summed E-state index contributed by atoms with van der Waals surface area (Å²) in [6.45, 7) is 1.30. The molecule has 1 rings (SSSR count). The number of carbonyl (C=O) groups excluding carboxylic acids is 3. The molecule has 0 aromatic heterocycles. The Labute approximate surface area is 96.7 Å². The molecule has 17 heavy (non-hydrogen) atoms. The molecule has 1 aliphatic heterocycles. The lowest BCUT2D eigenvalue weighted by molar-refractivity contribution is -0.138. The number of nitrogens with one attached hydrogen (secondary N) is 3. The van der Waals surface area contributed by atoms with Crippen LogP contribution < -0.4 is 16.0 Å². The van der Waals surface area contributed by atoms with Gasteiger partial charge in [0.05, 0.1) is 0 Å². The highest BCUT2D eigenvalue weighted by molar-refractivity contribution is 6.01. The average molecular weight is 243 g/mol. The van der Waals surface area contributed by atoms with Crippen molar-refractivity contribution in [3.05, 3.63) is 0 Å². The number of imide groups is 1. The van der Waals surface area contributed by atoms with E-state index in [1.807, 2.05) is 0 Å². The zero-order valence-electron chi connectivity index (χ0n) is 9.15. The molecule has 0 aromatic rings. The van der Waals surface area contributed by atoms with Crippen molar-refractivity contribution in [3.8, 4) is 0 Å². The number of carboxylic acid groups (broad SMARTS) is 1. The number of rotatable bonds is 3. The minimum absolute atomic E-state index is 0.144. The number of hydrogen-bond donors (Lipinski definition) is 4. The Kier molecular flexibility index (Phi) is 4.02. The zero-order valence-corrected chi connectivity index (χ0v) is 9.15. The quantitative estimate of drug-likeness (QED) is 0.452. The predicted molar refractivity (Wildman–Crippen MR) is 54.9 cm³/mol. The summed E-state index contributed by atoms with van der Waals surface area (Å²) in [6.07, 6.45) is 0.352. The van der Waals surface area contributed by atoms with Gasteiger partial charge in [-0.1, -0.05) is 0 Å². The van der Waals surface area contributed by atoms with Crippen LogP contribution >= 0.6 is 0 Å². The maximum atomic E-state index is 11.3. The third-order valence-corrected chi connectivity index (χ3v) is 2.26. The summed E-state index contributed by atoms with van der Waals surface area (Å²) in [5.41, 5.74) is 0. The molecule has 94 valence electrons. The lowest BCUT2D eigenvalue weighted by Crippen LogP contribution is -2.55. The molecule has 1 aliphatic rings. The first-order chi connectivity index (χ1) is 7.90. The fraction of sp³-hybridized carbons (Fsp3) is 0.556. The maximum Gasteiger partial charge on any atom is 0.325 e. The molecule has 8 heteroatoms. The van der Waals surface area contributed by atoms with E-state index in [4.69, 9.17) is 5.11 Å². The van der Waals surface area contributed by atoms with Crippen molar-refractivity contribution >= 4 is 23.8 Å². The second-order valence-corrected chi connectivity index (χ2v) is 3.68. The van der Waals surface area contributed by atoms with Gasteiger partial charge in [0.1, 0.15) is 12.1 Å². The Morgan fingerprint density at radius 3 is 2.65 bits per heavy atom. The maximum absolute atomic E-state index is 11.3. The highest BCUT2D eigenvalue weighted by atomic mass is 16.4. The molecular formula is C9H13N3O5. The van der Waals surface area contributed by atoms with E-state index < -0.39 is 30.0 Å². The Bertz CT molecular complexity index is 368. The second kappa shape index (κ2) is 5.28. The molecule has 4 amide bonds. The van der Waals surface area contributed by atoms with Crippen molar-refractivity contribution in [1.29, 1.82) is 0 Å². The van der Waals surface area contributed by atoms with E-state index in [0.29, 0.717) is 0 Å². The van der Waals surface area contributed by atoms with Gasteiger partial charge >= 0.3 is 12.0 Å². The van der Waals surface area contributed by atoms with Gasteiger partial charge in [-0.05, 0) is 13.3 Å². The van der Waals surface area contributed by atoms with E-state index in [1.54, 1.807) is 0 Å². The van der Waals surface area contributed by atoms with Crippen molar-refractivity contribution in [1.82, 2.24) is 16.0 Å². The van der Waals surface area contributed by atoms with Crippen LogP contribution in [-0.4, -0.2) is 41.0 Å². The summed E-state index contributed by atoms with van der Waals surface area (Å²) in [7, 11) is 0. The smallest absolute Gasteiger partial charge is 0.325 e. The molecule has 0 radical (unpaired) electrons. The molecule has 0 saturated carbocycles. The van der Waals surface area contributed by atoms with E-state index in [0.717, 1.165) is 0 Å². The first-order valence-electron chi connectivity index (χ1n) is 5.03. The van der Waals surface area contributed by atoms with Gasteiger partial charge in [-0.3, -0.25) is 19.7 Å². The van der Waals surface area contributed by atoms with Gasteiger partial charge in [0.15, 0.2) is 0 Å². The number of piperidine rings is 1. The first-order valence-corrected chi connectivity index (χ1v) is 5.03. The van der Waals surface area contributed by atoms with Crippen LogP contribution in [0.15, 0.2) is 0 Å². The molecule has 0 spiro atoms. The third kappa shape index (κ3) is 3.74. The standard InChI is InChI=1S/C9H13N3O5/c1-4(8(15)16)10-9(17)11-5-2-3-6(13)12-7(5)14/h4-5H,2-3H2,1H3,(H,15,16)(H2,10,11,17)(H,12,13,14)/t4-,5?/m0/s1. The average Bonchev–Trinajstić information content (AvgIpc) is 2.22. The summed E-state index contributed by atoms with van der Waals surface area (Å²) in [6, 6.07) is -2.62. The fourth-order valence-corrected chi connectivity index (χ4v) is 1.29. The van der Waals surface area contributed by atoms with Crippen LogP contribution in [0.1, 0.15) is 19.8 Å². The van der Waals surface area contributed by atoms with E-state index in [9.17, 15) is 19.2 Å². The monoisotopic (exact) mass is 243 g/mol. The molecule has 0 aliphatic carbocycles. The lowest BCUT2D eigenvalue weighted by Gasteiger charge is -2.22. The summed E-state index contributed by atoms with van der Waals surface area (Å²) in [5.74, 6) is -2.14. The normalized spacial score (nSPS) is 21.4. The van der Waals surface area contributed by atoms with Gasteiger partial charge in [0.25, 0.3) is 0 Å². The number of carbonyl (C=O) groups is 4. The molecule has 1 unspecified atom stereocenters. The van der Waals surface area contributed by atoms with Gasteiger partial charge in [0, 0.05) is 6.42 Å². The van der Waals surface area contributed by atoms with Crippen LogP contribution in [0, 0.1) is 0 Å². The number of carboxylic acids is 1. The van der Waals surface area contributed by atoms with Crippen LogP contribution in [0.25, 0.3) is 0 Å². The zero-order chi connectivity index (χ0) is 13.0. The van der Waals surface area contributed by atoms with Crippen molar-refractivity contribution < 1.29 is 24.3 Å². The van der Waals surface area contributed by atoms with Crippen molar-refractivity contribution in [3.63, 3.8) is 0 Å². The molecule has 0 bridgehead atoms. The Morgan fingerprint density at radius 2 is 2.12 bits per heavy atom. The summed E-state index contributed by atoms with van der Waals surface area (Å²) in [5, 5.41) is 15.1. The number of urea groups is 1. The Morgan fingerprint density at radius 1 is 1.47 bits per heavy atom. The van der Waals surface area contributed by atoms with Gasteiger partial charge < -0.3 is 15.7 Å². The number of hydrogen-bond acceptors (Lipinski definition) is 4. The SMILES string of the molecule is C[C@H](NC(=O)NC1CCC(=O)NC1=O)C(=O)O. The van der Waals surface area contributed by atoms with Crippen molar-refractivity contribution in [2.45, 2.75) is 31.8 Å². The molecule has 1 fully saturated rings. The Hall–Kier alpha value is -2.12. The van der Waals surface area contributed by atoms with Crippen molar-refractivity contribution in [2.24, 2.45) is 0 Å². The van der Waals surface area contributed by atoms with Crippen LogP contribution in [0.5, 0.6) is 0 Å². The fourth-order valence-electron chi connectivity index (χ4n) is 1.29. The molecule has 0 aromatic carbocycles. The minimum atomic E-state index is -1.18. The highest BCUT2D eigenvalue weighted by Crippen LogP contribution is 2.03. The summed E-state index contributed by atoms with van der Waals surface area (Å²) in [4.78, 5) is 43.9. The summed E-state index contributed by atoms with van der Waals surface area (Å²) < 4.78 is 0. The van der Waals surface area contributed by atoms with E-state index in [-0.39, 0.29) is 18.7 Å². The largest absolute Gasteiger partial charge is 0.480 e. The van der Waals surface area contributed by atoms with Gasteiger partial charge in [-0.15, -0.1) is 0 Å². The van der Waals surface area contributed by atoms with Gasteiger partial charge in [0.2, 0.25) is 11.8 Å². The van der Waals surface area contributed by atoms with E-state index >= 15 is 0 Å². The molecule has 4 N–H and O–H groups in total. The highest BCUT2D eigenvalue weighted by Gasteiger charge is 2.28. The van der Waals surface area contributed by atoms with Crippen LogP contribution in [0.3, 0.4) is 0 Å². The van der Waals surface area contributed by atoms with Crippen LogP contribution in [0.4, 0.5) is 4.79 Å². The predicted octanol–water partition coefficient (Wildman–Crippen LogP) is -1.44. The second-order valence-electron chi connectivity index (χ2n) is 3.68. The third-order valence-electron chi connectivity index (χ3n) is 2.26. The van der Waals surface area contributed by atoms with Crippen LogP contribution in [-0.2, 0) is 14.4 Å². The minimum Gasteiger partial charge on any atom is -0.480 e. The molecule has 1 heterocycles. The van der Waals surface area contributed by atoms with Crippen LogP contribution in [0.2, 0.25) is 0 Å². The van der Waals surface area contributed by atoms with E-state index in [1.165, 1.54) is 6.92 Å². The van der Waals surface area contributed by atoms with Gasteiger partial charge in [-0.25, -0.2) is 4.79 Å². The lowest BCUT2D eigenvalue weighted by atomic mass is 10.1. The molecular weight excluding hydrogens is 230 g/mol. The number of aliphatic carboxylic acids is 1. The van der Waals surface area contributed by atoms with Gasteiger partial charge in [-0.2, -0.15) is 0 Å². The Balaban J connectivity index is 2.43. The topological polar surface area (TPSA) is 125 Å². The first kappa shape index (κ1) is 12.9.